The van der Waals surface area contributed by atoms with E-state index in [1.165, 1.54) is 5.56 Å². The van der Waals surface area contributed by atoms with Crippen molar-refractivity contribution in [3.63, 3.8) is 0 Å². The highest BCUT2D eigenvalue weighted by atomic mass is 32.2. The second kappa shape index (κ2) is 13.8. The van der Waals surface area contributed by atoms with Crippen LogP contribution in [0.15, 0.2) is 41.3 Å². The van der Waals surface area contributed by atoms with Crippen LogP contribution in [0.1, 0.15) is 67.6 Å². The number of Topliss-reactive ketones (excluding diaryl/α,β-unsaturated/α-hetero) is 1. The molecule has 2 atom stereocenters. The molecule has 0 bridgehead atoms. The molecule has 40 heavy (non-hydrogen) atoms. The zero-order chi connectivity index (χ0) is 29.6. The van der Waals surface area contributed by atoms with Gasteiger partial charge < -0.3 is 14.7 Å². The minimum atomic E-state index is -0.838. The van der Waals surface area contributed by atoms with Crippen LogP contribution in [0.4, 0.5) is 4.79 Å². The van der Waals surface area contributed by atoms with Gasteiger partial charge in [-0.15, -0.1) is 11.8 Å². The number of hydrogen-bond acceptors (Lipinski definition) is 5. The van der Waals surface area contributed by atoms with Gasteiger partial charge in [-0.2, -0.15) is 0 Å². The number of aryl methyl sites for hydroxylation is 3. The number of carbonyl (C=O) groups excluding carboxylic acids is 2. The maximum absolute atomic E-state index is 13.6. The molecule has 1 N–H and O–H groups in total. The summed E-state index contributed by atoms with van der Waals surface area (Å²) in [6.45, 7) is 13.0. The minimum absolute atomic E-state index is 0.0246. The van der Waals surface area contributed by atoms with E-state index >= 15 is 0 Å². The summed E-state index contributed by atoms with van der Waals surface area (Å²) >= 11 is 1.64. The van der Waals surface area contributed by atoms with E-state index in [1.54, 1.807) is 30.5 Å². The molecule has 0 radical (unpaired) electrons. The van der Waals surface area contributed by atoms with Crippen LogP contribution in [0.3, 0.4) is 0 Å². The molecule has 0 aromatic heterocycles. The first-order valence-electron chi connectivity index (χ1n) is 14.2. The zero-order valence-corrected chi connectivity index (χ0v) is 25.9. The quantitative estimate of drug-likeness (QED) is 0.196. The van der Waals surface area contributed by atoms with E-state index < -0.39 is 11.3 Å². The summed E-state index contributed by atoms with van der Waals surface area (Å²) in [5, 5.41) is 8.75. The summed E-state index contributed by atoms with van der Waals surface area (Å²) in [7, 11) is 0.475. The van der Waals surface area contributed by atoms with Crippen LogP contribution in [0, 0.1) is 31.6 Å². The Kier molecular flexibility index (Phi) is 10.9. The van der Waals surface area contributed by atoms with Gasteiger partial charge >= 0.3 is 12.1 Å². The molecule has 1 aliphatic heterocycles. The first kappa shape index (κ1) is 31.8. The van der Waals surface area contributed by atoms with E-state index in [0.29, 0.717) is 38.5 Å². The van der Waals surface area contributed by atoms with Crippen LogP contribution in [0.2, 0.25) is 5.31 Å². The van der Waals surface area contributed by atoms with E-state index in [-0.39, 0.29) is 23.7 Å². The topological polar surface area (TPSA) is 83.9 Å². The third-order valence-electron chi connectivity index (χ3n) is 8.09. The van der Waals surface area contributed by atoms with Gasteiger partial charge in [-0.3, -0.25) is 9.59 Å². The van der Waals surface area contributed by atoms with Crippen LogP contribution in [0.5, 0.6) is 0 Å². The van der Waals surface area contributed by atoms with Gasteiger partial charge in [0.05, 0.1) is 6.61 Å². The molecular weight excluding hydrogens is 521 g/mol. The molecule has 8 heteroatoms. The van der Waals surface area contributed by atoms with Gasteiger partial charge in [0.2, 0.25) is 0 Å². The van der Waals surface area contributed by atoms with Crippen molar-refractivity contribution in [2.75, 3.05) is 26.0 Å². The molecule has 0 spiro atoms. The van der Waals surface area contributed by atoms with Gasteiger partial charge in [-0.25, -0.2) is 4.79 Å². The molecule has 1 aliphatic rings. The number of ether oxygens (including phenoxy) is 1. The standard InChI is InChI=1S/C32H44BNO5S/c1-20(2)14-15-39-31(38)34-18-25(27(19-34)29(35)24-10-12-26(40-7)13-11-24)9-8-23-16-21(3)28(22(4)17-23)33-32(5,6)30(36)37/h10-13,16-17,20,25,27,33H,8-9,14-15,18-19H2,1-7H3,(H,36,37). The third-order valence-corrected chi connectivity index (χ3v) is 8.83. The molecule has 2 aromatic rings. The molecule has 2 unspecified atom stereocenters. The van der Waals surface area contributed by atoms with E-state index in [9.17, 15) is 19.5 Å². The first-order valence-corrected chi connectivity index (χ1v) is 15.5. The second-order valence-corrected chi connectivity index (χ2v) is 13.2. The number of carbonyl (C=O) groups is 3. The van der Waals surface area contributed by atoms with Crippen molar-refractivity contribution in [2.24, 2.45) is 17.8 Å². The molecule has 2 aromatic carbocycles. The van der Waals surface area contributed by atoms with E-state index in [4.69, 9.17) is 4.74 Å². The average molecular weight is 566 g/mol. The smallest absolute Gasteiger partial charge is 0.409 e. The second-order valence-electron chi connectivity index (χ2n) is 12.3. The fourth-order valence-corrected chi connectivity index (χ4v) is 5.84. The summed E-state index contributed by atoms with van der Waals surface area (Å²) < 4.78 is 5.54. The Balaban J connectivity index is 1.77. The average Bonchev–Trinajstić information content (AvgIpc) is 3.33. The van der Waals surface area contributed by atoms with Crippen molar-refractivity contribution in [3.05, 3.63) is 58.7 Å². The lowest BCUT2D eigenvalue weighted by Gasteiger charge is -2.22. The predicted octanol–water partition coefficient (Wildman–Crippen LogP) is 5.92. The molecule has 0 aliphatic carbocycles. The molecule has 1 amide bonds. The lowest BCUT2D eigenvalue weighted by molar-refractivity contribution is -0.139. The number of aliphatic carboxylic acids is 1. The van der Waals surface area contributed by atoms with Crippen molar-refractivity contribution in [3.8, 4) is 0 Å². The Morgan fingerprint density at radius 3 is 2.27 bits per heavy atom. The Hall–Kier alpha value is -2.74. The number of carboxylic acids is 1. The third kappa shape index (κ3) is 8.15. The van der Waals surface area contributed by atoms with Crippen molar-refractivity contribution < 1.29 is 24.2 Å². The normalized spacial score (nSPS) is 17.2. The number of hydrogen-bond donors (Lipinski definition) is 1. The molecule has 6 nitrogen and oxygen atoms in total. The van der Waals surface area contributed by atoms with Crippen molar-refractivity contribution in [1.29, 1.82) is 0 Å². The van der Waals surface area contributed by atoms with Crippen LogP contribution in [0.25, 0.3) is 0 Å². The molecule has 1 heterocycles. The highest BCUT2D eigenvalue weighted by Gasteiger charge is 2.40. The fourth-order valence-electron chi connectivity index (χ4n) is 5.43. The summed E-state index contributed by atoms with van der Waals surface area (Å²) in [6.07, 6.45) is 4.03. The van der Waals surface area contributed by atoms with Gasteiger partial charge in [-0.1, -0.05) is 68.6 Å². The largest absolute Gasteiger partial charge is 0.481 e. The van der Waals surface area contributed by atoms with E-state index in [2.05, 4.69) is 26.0 Å². The Morgan fingerprint density at radius 2 is 1.73 bits per heavy atom. The van der Waals surface area contributed by atoms with Gasteiger partial charge in [0, 0.05) is 34.8 Å². The number of rotatable bonds is 12. The van der Waals surface area contributed by atoms with Gasteiger partial charge in [-0.05, 0) is 68.9 Å². The summed E-state index contributed by atoms with van der Waals surface area (Å²) in [5.41, 5.74) is 5.11. The maximum Gasteiger partial charge on any atom is 0.409 e. The Morgan fingerprint density at radius 1 is 1.10 bits per heavy atom. The summed E-state index contributed by atoms with van der Waals surface area (Å²) in [6, 6.07) is 12.0. The summed E-state index contributed by atoms with van der Waals surface area (Å²) in [4.78, 5) is 41.0. The summed E-state index contributed by atoms with van der Waals surface area (Å²) in [5.74, 6) is -0.533. The molecule has 1 fully saturated rings. The monoisotopic (exact) mass is 565 g/mol. The van der Waals surface area contributed by atoms with Crippen LogP contribution < -0.4 is 5.46 Å². The van der Waals surface area contributed by atoms with Crippen LogP contribution in [-0.4, -0.2) is 61.1 Å². The number of thioether (sulfide) groups is 1. The lowest BCUT2D eigenvalue weighted by atomic mass is 9.48. The van der Waals surface area contributed by atoms with Crippen molar-refractivity contribution >= 4 is 42.3 Å². The minimum Gasteiger partial charge on any atom is -0.481 e. The molecule has 1 saturated heterocycles. The fraction of sp³-hybridized carbons (Fsp3) is 0.531. The first-order chi connectivity index (χ1) is 18.8. The number of nitrogens with zero attached hydrogens (tertiary/aromatic N) is 1. The van der Waals surface area contributed by atoms with E-state index in [1.807, 2.05) is 44.4 Å². The van der Waals surface area contributed by atoms with E-state index in [0.717, 1.165) is 40.7 Å². The molecule has 3 rings (SSSR count). The zero-order valence-electron chi connectivity index (χ0n) is 25.1. The predicted molar refractivity (Wildman–Crippen MR) is 165 cm³/mol. The van der Waals surface area contributed by atoms with Crippen LogP contribution in [-0.2, 0) is 16.0 Å². The van der Waals surface area contributed by atoms with Gasteiger partial charge in [0.1, 0.15) is 0 Å². The number of carboxylic acid groups (broad SMARTS) is 1. The number of benzene rings is 2. The van der Waals surface area contributed by atoms with Crippen molar-refractivity contribution in [1.82, 2.24) is 4.90 Å². The molecular formula is C32H44BNO5S. The highest BCUT2D eigenvalue weighted by Crippen LogP contribution is 2.32. The van der Waals surface area contributed by atoms with Gasteiger partial charge in [0.15, 0.2) is 13.1 Å². The highest BCUT2D eigenvalue weighted by molar-refractivity contribution is 7.98. The molecule has 0 saturated carbocycles. The number of amides is 1. The molecule has 216 valence electrons. The maximum atomic E-state index is 13.6. The lowest BCUT2D eigenvalue weighted by Crippen LogP contribution is -2.34. The van der Waals surface area contributed by atoms with Crippen molar-refractivity contribution in [2.45, 2.75) is 71.0 Å². The Labute approximate surface area is 244 Å². The van der Waals surface area contributed by atoms with Crippen LogP contribution >= 0.6 is 11.8 Å². The SMILES string of the molecule is CSc1ccc(C(=O)C2CN(C(=O)OCCC(C)C)CC2CCc2cc(C)c(BC(C)(C)C(=O)O)c(C)c2)cc1. The van der Waals surface area contributed by atoms with Gasteiger partial charge in [0.25, 0.3) is 0 Å². The number of ketones is 1. The Bertz CT molecular complexity index is 1190. The number of likely N-dealkylation sites (tertiary alicyclic amines) is 1.